The third kappa shape index (κ3) is 3.29. The van der Waals surface area contributed by atoms with Crippen molar-refractivity contribution in [3.63, 3.8) is 0 Å². The Morgan fingerprint density at radius 1 is 1.25 bits per heavy atom. The van der Waals surface area contributed by atoms with Crippen LogP contribution in [0.3, 0.4) is 0 Å². The number of nitrogens with zero attached hydrogens (tertiary/aromatic N) is 3. The van der Waals surface area contributed by atoms with Crippen LogP contribution < -0.4 is 0 Å². The quantitative estimate of drug-likeness (QED) is 0.930. The van der Waals surface area contributed by atoms with E-state index in [1.54, 1.807) is 4.90 Å². The molecule has 130 valence electrons. The van der Waals surface area contributed by atoms with Gasteiger partial charge in [0, 0.05) is 18.7 Å². The van der Waals surface area contributed by atoms with Crippen LogP contribution in [0.1, 0.15) is 24.2 Å². The second-order valence-electron chi connectivity index (χ2n) is 6.14. The molecule has 3 rings (SSSR count). The maximum Gasteiger partial charge on any atom is 0.417 e. The highest BCUT2D eigenvalue weighted by atomic mass is 19.4. The van der Waals surface area contributed by atoms with Gasteiger partial charge in [0.25, 0.3) is 5.89 Å². The Bertz CT molecular complexity index is 707. The van der Waals surface area contributed by atoms with Crippen molar-refractivity contribution in [1.29, 1.82) is 0 Å². The summed E-state index contributed by atoms with van der Waals surface area (Å²) in [4.78, 5) is 6.10. The monoisotopic (exact) mass is 341 g/mol. The van der Waals surface area contributed by atoms with Crippen molar-refractivity contribution in [3.05, 3.63) is 35.7 Å². The molecule has 0 unspecified atom stereocenters. The van der Waals surface area contributed by atoms with Crippen molar-refractivity contribution in [2.45, 2.75) is 38.1 Å². The Balaban J connectivity index is 1.64. The Labute approximate surface area is 137 Å². The highest BCUT2D eigenvalue weighted by Gasteiger charge is 2.54. The first-order chi connectivity index (χ1) is 11.3. The smallest absolute Gasteiger partial charge is 0.380 e. The zero-order chi connectivity index (χ0) is 17.4. The van der Waals surface area contributed by atoms with Gasteiger partial charge >= 0.3 is 6.18 Å². The van der Waals surface area contributed by atoms with E-state index in [4.69, 9.17) is 4.52 Å². The van der Waals surface area contributed by atoms with E-state index in [-0.39, 0.29) is 25.9 Å². The molecule has 1 fully saturated rings. The van der Waals surface area contributed by atoms with Crippen LogP contribution >= 0.6 is 0 Å². The first-order valence-corrected chi connectivity index (χ1v) is 7.68. The van der Waals surface area contributed by atoms with Crippen molar-refractivity contribution in [3.8, 4) is 11.5 Å². The molecule has 1 saturated heterocycles. The summed E-state index contributed by atoms with van der Waals surface area (Å²) in [6.07, 6.45) is -5.29. The van der Waals surface area contributed by atoms with Gasteiger partial charge in [-0.05, 0) is 31.4 Å². The molecule has 0 atom stereocenters. The van der Waals surface area contributed by atoms with Crippen LogP contribution in [-0.4, -0.2) is 45.0 Å². The highest BCUT2D eigenvalue weighted by molar-refractivity contribution is 5.57. The van der Waals surface area contributed by atoms with Crippen LogP contribution in [0.15, 0.2) is 28.8 Å². The lowest BCUT2D eigenvalue weighted by Crippen LogP contribution is -2.53. The van der Waals surface area contributed by atoms with Gasteiger partial charge in [-0.1, -0.05) is 23.4 Å². The summed E-state index contributed by atoms with van der Waals surface area (Å²) in [6, 6.07) is 7.58. The van der Waals surface area contributed by atoms with Gasteiger partial charge in [0.2, 0.25) is 0 Å². The molecule has 1 aliphatic heterocycles. The molecule has 0 spiro atoms. The minimum Gasteiger partial charge on any atom is -0.380 e. The van der Waals surface area contributed by atoms with Gasteiger partial charge in [-0.3, -0.25) is 4.90 Å². The van der Waals surface area contributed by atoms with E-state index < -0.39 is 11.8 Å². The lowest BCUT2D eigenvalue weighted by molar-refractivity contribution is -0.272. The number of halogens is 3. The minimum atomic E-state index is -4.59. The molecular formula is C16H18F3N3O2. The topological polar surface area (TPSA) is 62.4 Å². The van der Waals surface area contributed by atoms with Gasteiger partial charge < -0.3 is 9.63 Å². The van der Waals surface area contributed by atoms with Crippen LogP contribution in [0.4, 0.5) is 13.2 Å². The molecule has 2 heterocycles. The van der Waals surface area contributed by atoms with Crippen molar-refractivity contribution in [2.75, 3.05) is 13.1 Å². The Kier molecular flexibility index (Phi) is 4.35. The van der Waals surface area contributed by atoms with E-state index in [1.807, 2.05) is 31.2 Å². The molecule has 1 aromatic heterocycles. The van der Waals surface area contributed by atoms with Crippen LogP contribution in [-0.2, 0) is 6.54 Å². The first kappa shape index (κ1) is 16.9. The van der Waals surface area contributed by atoms with Gasteiger partial charge in [0.05, 0.1) is 6.54 Å². The Morgan fingerprint density at radius 3 is 2.54 bits per heavy atom. The van der Waals surface area contributed by atoms with Gasteiger partial charge in [-0.2, -0.15) is 18.2 Å². The lowest BCUT2D eigenvalue weighted by atomic mass is 9.91. The SMILES string of the molecule is Cc1ccccc1-c1nc(CN2CCC(O)(C(F)(F)F)CC2)no1. The molecule has 0 bridgehead atoms. The number of piperidine rings is 1. The third-order valence-electron chi connectivity index (χ3n) is 4.42. The number of likely N-dealkylation sites (tertiary alicyclic amines) is 1. The molecular weight excluding hydrogens is 323 g/mol. The summed E-state index contributed by atoms with van der Waals surface area (Å²) in [6.45, 7) is 2.49. The number of alkyl halides is 3. The van der Waals surface area contributed by atoms with Crippen molar-refractivity contribution in [2.24, 2.45) is 0 Å². The molecule has 1 aliphatic rings. The zero-order valence-corrected chi connectivity index (χ0v) is 13.2. The third-order valence-corrected chi connectivity index (χ3v) is 4.42. The highest BCUT2D eigenvalue weighted by Crippen LogP contribution is 2.38. The Hall–Kier alpha value is -1.93. The zero-order valence-electron chi connectivity index (χ0n) is 13.2. The Morgan fingerprint density at radius 2 is 1.92 bits per heavy atom. The van der Waals surface area contributed by atoms with Gasteiger partial charge in [0.15, 0.2) is 11.4 Å². The average Bonchev–Trinajstić information content (AvgIpc) is 2.97. The number of aromatic nitrogens is 2. The van der Waals surface area contributed by atoms with Crippen LogP contribution in [0.2, 0.25) is 0 Å². The molecule has 0 aliphatic carbocycles. The number of aryl methyl sites for hydroxylation is 1. The minimum absolute atomic E-state index is 0.129. The van der Waals surface area contributed by atoms with Crippen LogP contribution in [0.25, 0.3) is 11.5 Å². The van der Waals surface area contributed by atoms with Gasteiger partial charge in [0.1, 0.15) is 0 Å². The van der Waals surface area contributed by atoms with Crippen LogP contribution in [0, 0.1) is 6.92 Å². The van der Waals surface area contributed by atoms with E-state index in [0.717, 1.165) is 11.1 Å². The number of benzene rings is 1. The van der Waals surface area contributed by atoms with Crippen molar-refractivity contribution < 1.29 is 22.8 Å². The molecule has 0 saturated carbocycles. The first-order valence-electron chi connectivity index (χ1n) is 7.68. The molecule has 24 heavy (non-hydrogen) atoms. The summed E-state index contributed by atoms with van der Waals surface area (Å²) >= 11 is 0. The number of hydrogen-bond donors (Lipinski definition) is 1. The number of rotatable bonds is 3. The van der Waals surface area contributed by atoms with E-state index >= 15 is 0 Å². The van der Waals surface area contributed by atoms with Gasteiger partial charge in [-0.15, -0.1) is 0 Å². The maximum absolute atomic E-state index is 12.8. The predicted molar refractivity (Wildman–Crippen MR) is 80.0 cm³/mol. The van der Waals surface area contributed by atoms with Gasteiger partial charge in [-0.25, -0.2) is 0 Å². The predicted octanol–water partition coefficient (Wildman–Crippen LogP) is 2.93. The van der Waals surface area contributed by atoms with E-state index in [2.05, 4.69) is 10.1 Å². The maximum atomic E-state index is 12.8. The second-order valence-corrected chi connectivity index (χ2v) is 6.14. The van der Waals surface area contributed by atoms with E-state index in [0.29, 0.717) is 18.3 Å². The van der Waals surface area contributed by atoms with Crippen LogP contribution in [0.5, 0.6) is 0 Å². The second kappa shape index (κ2) is 6.18. The lowest BCUT2D eigenvalue weighted by Gasteiger charge is -2.38. The fourth-order valence-corrected chi connectivity index (χ4v) is 2.80. The molecule has 8 heteroatoms. The molecule has 5 nitrogen and oxygen atoms in total. The van der Waals surface area contributed by atoms with Crippen molar-refractivity contribution in [1.82, 2.24) is 15.0 Å². The average molecular weight is 341 g/mol. The molecule has 1 aromatic carbocycles. The fourth-order valence-electron chi connectivity index (χ4n) is 2.80. The van der Waals surface area contributed by atoms with Crippen molar-refractivity contribution >= 4 is 0 Å². The summed E-state index contributed by atoms with van der Waals surface area (Å²) < 4.78 is 43.7. The summed E-state index contributed by atoms with van der Waals surface area (Å²) in [7, 11) is 0. The van der Waals surface area contributed by atoms with E-state index in [1.165, 1.54) is 0 Å². The standard InChI is InChI=1S/C16H18F3N3O2/c1-11-4-2-3-5-12(11)14-20-13(21-24-14)10-22-8-6-15(23,7-9-22)16(17,18)19/h2-5,23H,6-10H2,1H3. The normalized spacial score (nSPS) is 18.7. The fraction of sp³-hybridized carbons (Fsp3) is 0.500. The molecule has 2 aromatic rings. The number of aliphatic hydroxyl groups is 1. The number of hydrogen-bond acceptors (Lipinski definition) is 5. The molecule has 0 radical (unpaired) electrons. The summed E-state index contributed by atoms with van der Waals surface area (Å²) in [5.41, 5.74) is -0.755. The summed E-state index contributed by atoms with van der Waals surface area (Å²) in [5, 5.41) is 13.6. The largest absolute Gasteiger partial charge is 0.417 e. The molecule has 1 N–H and O–H groups in total. The molecule has 0 amide bonds. The van der Waals surface area contributed by atoms with E-state index in [9.17, 15) is 18.3 Å². The summed E-state index contributed by atoms with van der Waals surface area (Å²) in [5.74, 6) is 0.817.